The Morgan fingerprint density at radius 3 is 2.34 bits per heavy atom. The van der Waals surface area contributed by atoms with Crippen molar-refractivity contribution in [3.63, 3.8) is 0 Å². The molecule has 1 amide bonds. The summed E-state index contributed by atoms with van der Waals surface area (Å²) in [5.41, 5.74) is 2.82. The molecule has 1 aromatic heterocycles. The van der Waals surface area contributed by atoms with E-state index in [1.54, 1.807) is 60.7 Å². The first kappa shape index (κ1) is 21.3. The van der Waals surface area contributed by atoms with Gasteiger partial charge in [0.15, 0.2) is 0 Å². The number of amides is 1. The number of hydrogen-bond acceptors (Lipinski definition) is 5. The zero-order valence-corrected chi connectivity index (χ0v) is 18.3. The van der Waals surface area contributed by atoms with Crippen molar-refractivity contribution >= 4 is 32.6 Å². The minimum absolute atomic E-state index is 0.0698. The van der Waals surface area contributed by atoms with Gasteiger partial charge in [0.05, 0.1) is 4.90 Å². The average Bonchev–Trinajstić information content (AvgIpc) is 2.79. The van der Waals surface area contributed by atoms with Crippen LogP contribution in [0.2, 0.25) is 0 Å². The van der Waals surface area contributed by atoms with Crippen molar-refractivity contribution in [2.75, 3.05) is 5.32 Å². The van der Waals surface area contributed by atoms with Gasteiger partial charge in [-0.05, 0) is 61.4 Å². The minimum Gasteiger partial charge on any atom is -0.436 e. The van der Waals surface area contributed by atoms with E-state index in [0.29, 0.717) is 16.7 Å². The highest BCUT2D eigenvalue weighted by atomic mass is 32.2. The molecule has 4 aromatic rings. The van der Waals surface area contributed by atoms with Gasteiger partial charge < -0.3 is 9.73 Å². The number of benzene rings is 3. The average molecular weight is 448 g/mol. The van der Waals surface area contributed by atoms with Crippen LogP contribution in [0.5, 0.6) is 0 Å². The van der Waals surface area contributed by atoms with Crippen LogP contribution in [0, 0.1) is 13.8 Å². The molecule has 0 radical (unpaired) electrons. The maximum atomic E-state index is 12.9. The monoisotopic (exact) mass is 447 g/mol. The van der Waals surface area contributed by atoms with E-state index < -0.39 is 15.9 Å². The Morgan fingerprint density at radius 1 is 0.875 bits per heavy atom. The Labute approximate surface area is 185 Å². The highest BCUT2D eigenvalue weighted by molar-refractivity contribution is 7.89. The van der Waals surface area contributed by atoms with Crippen LogP contribution in [0.3, 0.4) is 0 Å². The summed E-state index contributed by atoms with van der Waals surface area (Å²) in [5, 5.41) is 7.41. The fourth-order valence-corrected chi connectivity index (χ4v) is 3.96. The lowest BCUT2D eigenvalue weighted by Crippen LogP contribution is -2.27. The summed E-state index contributed by atoms with van der Waals surface area (Å²) in [6, 6.07) is 22.4. The maximum Gasteiger partial charge on any atom is 0.276 e. The van der Waals surface area contributed by atoms with Gasteiger partial charge in [-0.1, -0.05) is 42.5 Å². The lowest BCUT2D eigenvalue weighted by atomic mass is 10.1. The molecule has 1 heterocycles. The molecule has 8 heteroatoms. The van der Waals surface area contributed by atoms with Crippen LogP contribution in [-0.2, 0) is 10.0 Å². The van der Waals surface area contributed by atoms with Crippen LogP contribution in [0.25, 0.3) is 11.0 Å². The van der Waals surface area contributed by atoms with Crippen molar-refractivity contribution in [1.29, 1.82) is 0 Å². The molecule has 0 saturated heterocycles. The fraction of sp³-hybridized carbons (Fsp3) is 0.0833. The Balaban J connectivity index is 1.76. The van der Waals surface area contributed by atoms with Crippen LogP contribution in [0.1, 0.15) is 21.5 Å². The van der Waals surface area contributed by atoms with Crippen molar-refractivity contribution in [3.05, 3.63) is 101 Å². The van der Waals surface area contributed by atoms with Gasteiger partial charge in [0.1, 0.15) is 11.1 Å². The topological polar surface area (TPSA) is 101 Å². The molecular weight excluding hydrogens is 426 g/mol. The van der Waals surface area contributed by atoms with Crippen molar-refractivity contribution in [2.24, 2.45) is 5.10 Å². The summed E-state index contributed by atoms with van der Waals surface area (Å²) in [5.74, 6) is -0.477. The van der Waals surface area contributed by atoms with Crippen LogP contribution in [0.15, 0.2) is 93.3 Å². The van der Waals surface area contributed by atoms with Crippen LogP contribution in [-0.4, -0.2) is 14.3 Å². The van der Waals surface area contributed by atoms with Crippen molar-refractivity contribution < 1.29 is 17.6 Å². The van der Waals surface area contributed by atoms with Gasteiger partial charge in [0.25, 0.3) is 15.9 Å². The molecule has 0 aliphatic carbocycles. The SMILES string of the molecule is Cc1ccc(S(=O)(=O)N/N=c2\oc3ccccc3cc2C(=O)Nc2ccccc2)cc1C. The lowest BCUT2D eigenvalue weighted by molar-refractivity contribution is 0.102. The van der Waals surface area contributed by atoms with E-state index in [9.17, 15) is 13.2 Å². The van der Waals surface area contributed by atoms with Crippen LogP contribution in [0.4, 0.5) is 5.69 Å². The molecule has 32 heavy (non-hydrogen) atoms. The lowest BCUT2D eigenvalue weighted by Gasteiger charge is -2.08. The highest BCUT2D eigenvalue weighted by Crippen LogP contribution is 2.16. The predicted molar refractivity (Wildman–Crippen MR) is 122 cm³/mol. The Morgan fingerprint density at radius 2 is 1.59 bits per heavy atom. The summed E-state index contributed by atoms with van der Waals surface area (Å²) in [6.07, 6.45) is 0. The van der Waals surface area contributed by atoms with Crippen LogP contribution < -0.4 is 15.7 Å². The standard InChI is InChI=1S/C24H21N3O4S/c1-16-12-13-20(14-17(16)2)32(29,30)27-26-24-21(15-18-8-6-7-11-22(18)31-24)23(28)25-19-9-4-3-5-10-19/h3-15,27H,1-2H3,(H,25,28)/b26-24-. The second kappa shape index (κ2) is 8.68. The van der Waals surface area contributed by atoms with E-state index in [4.69, 9.17) is 4.42 Å². The zero-order valence-electron chi connectivity index (χ0n) is 17.5. The Bertz CT molecular complexity index is 1480. The van der Waals surface area contributed by atoms with Crippen LogP contribution >= 0.6 is 0 Å². The van der Waals surface area contributed by atoms with E-state index in [-0.39, 0.29) is 16.0 Å². The Kier molecular flexibility index (Phi) is 5.79. The van der Waals surface area contributed by atoms with Gasteiger partial charge in [-0.25, -0.2) is 0 Å². The normalized spacial score (nSPS) is 12.0. The van der Waals surface area contributed by atoms with Gasteiger partial charge in [-0.2, -0.15) is 13.2 Å². The molecule has 0 saturated carbocycles. The zero-order chi connectivity index (χ0) is 22.7. The number of aryl methyl sites for hydroxylation is 2. The number of fused-ring (bicyclic) bond motifs is 1. The number of para-hydroxylation sites is 2. The third kappa shape index (κ3) is 4.55. The summed E-state index contributed by atoms with van der Waals surface area (Å²) in [7, 11) is -3.96. The molecule has 7 nitrogen and oxygen atoms in total. The second-order valence-corrected chi connectivity index (χ2v) is 8.94. The Hall–Kier alpha value is -3.91. The highest BCUT2D eigenvalue weighted by Gasteiger charge is 2.16. The number of rotatable bonds is 5. The molecule has 162 valence electrons. The number of nitrogens with zero attached hydrogens (tertiary/aromatic N) is 1. The fourth-order valence-electron chi connectivity index (χ4n) is 3.07. The van der Waals surface area contributed by atoms with E-state index >= 15 is 0 Å². The number of carbonyl (C=O) groups is 1. The minimum atomic E-state index is -3.96. The summed E-state index contributed by atoms with van der Waals surface area (Å²) >= 11 is 0. The number of sulfonamides is 1. The molecule has 0 atom stereocenters. The van der Waals surface area contributed by atoms with Gasteiger partial charge >= 0.3 is 0 Å². The molecule has 0 aliphatic heterocycles. The van der Waals surface area contributed by atoms with Gasteiger partial charge in [-0.15, -0.1) is 5.10 Å². The number of anilines is 1. The molecule has 0 unspecified atom stereocenters. The van der Waals surface area contributed by atoms with Crippen molar-refractivity contribution in [3.8, 4) is 0 Å². The molecule has 3 aromatic carbocycles. The number of nitrogens with one attached hydrogen (secondary N) is 2. The van der Waals surface area contributed by atoms with Crippen molar-refractivity contribution in [2.45, 2.75) is 18.7 Å². The second-order valence-electron chi connectivity index (χ2n) is 7.28. The number of carbonyl (C=O) groups excluding carboxylic acids is 1. The first-order valence-corrected chi connectivity index (χ1v) is 11.3. The first-order chi connectivity index (χ1) is 15.3. The summed E-state index contributed by atoms with van der Waals surface area (Å²) in [4.78, 5) is 15.2. The van der Waals surface area contributed by atoms with Gasteiger partial charge in [0.2, 0.25) is 5.55 Å². The quantitative estimate of drug-likeness (QED) is 0.450. The molecule has 0 fully saturated rings. The third-order valence-corrected chi connectivity index (χ3v) is 6.19. The molecule has 4 rings (SSSR count). The van der Waals surface area contributed by atoms with E-state index in [2.05, 4.69) is 15.2 Å². The largest absolute Gasteiger partial charge is 0.436 e. The first-order valence-electron chi connectivity index (χ1n) is 9.85. The maximum absolute atomic E-state index is 12.9. The van der Waals surface area contributed by atoms with E-state index in [1.165, 1.54) is 6.07 Å². The van der Waals surface area contributed by atoms with E-state index in [0.717, 1.165) is 11.1 Å². The summed E-state index contributed by atoms with van der Waals surface area (Å²) in [6.45, 7) is 3.73. The molecule has 0 bridgehead atoms. The van der Waals surface area contributed by atoms with Crippen molar-refractivity contribution in [1.82, 2.24) is 4.83 Å². The summed E-state index contributed by atoms with van der Waals surface area (Å²) < 4.78 is 31.3. The number of hydrogen-bond donors (Lipinski definition) is 2. The molecule has 0 aliphatic rings. The molecule has 0 spiro atoms. The predicted octanol–water partition coefficient (Wildman–Crippen LogP) is 4.10. The molecule has 2 N–H and O–H groups in total. The third-order valence-electron chi connectivity index (χ3n) is 4.99. The van der Waals surface area contributed by atoms with E-state index in [1.807, 2.05) is 26.0 Å². The smallest absolute Gasteiger partial charge is 0.276 e. The molecular formula is C24H21N3O4S. The van der Waals surface area contributed by atoms with Gasteiger partial charge in [0, 0.05) is 11.1 Å². The van der Waals surface area contributed by atoms with Gasteiger partial charge in [-0.3, -0.25) is 4.79 Å².